The predicted octanol–water partition coefficient (Wildman–Crippen LogP) is 2.88. The largest absolute Gasteiger partial charge is 0.405 e. The zero-order valence-electron chi connectivity index (χ0n) is 10.5. The fourth-order valence-electron chi connectivity index (χ4n) is 1.78. The van der Waals surface area contributed by atoms with E-state index in [1.165, 1.54) is 11.1 Å². The number of pyridine rings is 1. The van der Waals surface area contributed by atoms with Crippen molar-refractivity contribution in [3.63, 3.8) is 0 Å². The number of anilines is 1. The summed E-state index contributed by atoms with van der Waals surface area (Å²) >= 11 is 0. The third-order valence-electron chi connectivity index (χ3n) is 2.47. The van der Waals surface area contributed by atoms with Gasteiger partial charge in [0.2, 0.25) is 0 Å². The summed E-state index contributed by atoms with van der Waals surface area (Å²) in [4.78, 5) is 5.28. The van der Waals surface area contributed by atoms with Crippen LogP contribution in [0.15, 0.2) is 18.3 Å². The summed E-state index contributed by atoms with van der Waals surface area (Å²) in [7, 11) is 0. The van der Waals surface area contributed by atoms with Crippen molar-refractivity contribution in [3.8, 4) is 0 Å². The molecule has 1 aromatic heterocycles. The van der Waals surface area contributed by atoms with Gasteiger partial charge in [0.1, 0.15) is 12.4 Å². The smallest absolute Gasteiger partial charge is 0.347 e. The first-order valence-corrected chi connectivity index (χ1v) is 5.87. The monoisotopic (exact) mass is 261 g/mol. The second kappa shape index (κ2) is 6.04. The zero-order valence-corrected chi connectivity index (χ0v) is 10.5. The maximum absolute atomic E-state index is 12.5. The lowest BCUT2D eigenvalue weighted by Gasteiger charge is -2.27. The van der Waals surface area contributed by atoms with Crippen molar-refractivity contribution in [2.45, 2.75) is 32.5 Å². The molecule has 0 saturated heterocycles. The summed E-state index contributed by atoms with van der Waals surface area (Å²) in [6, 6.07) is 3.05. The van der Waals surface area contributed by atoms with E-state index in [9.17, 15) is 13.2 Å². The van der Waals surface area contributed by atoms with Crippen molar-refractivity contribution in [2.75, 3.05) is 18.0 Å². The topological polar surface area (TPSA) is 42.2 Å². The van der Waals surface area contributed by atoms with E-state index in [4.69, 9.17) is 5.73 Å². The number of hydrogen-bond donors (Lipinski definition) is 1. The molecular weight excluding hydrogens is 243 g/mol. The minimum absolute atomic E-state index is 0.302. The van der Waals surface area contributed by atoms with Crippen molar-refractivity contribution < 1.29 is 13.2 Å². The predicted molar refractivity (Wildman–Crippen MR) is 65.4 cm³/mol. The molecule has 0 unspecified atom stereocenters. The average Bonchev–Trinajstić information content (AvgIpc) is 2.26. The number of nitrogens with two attached hydrogens (primary N) is 1. The number of hydrogen-bond acceptors (Lipinski definition) is 3. The molecule has 0 aliphatic heterocycles. The quantitative estimate of drug-likeness (QED) is 0.886. The van der Waals surface area contributed by atoms with Gasteiger partial charge in [0.15, 0.2) is 0 Å². The second-order valence-corrected chi connectivity index (χ2v) is 4.24. The molecule has 18 heavy (non-hydrogen) atoms. The Morgan fingerprint density at radius 3 is 2.61 bits per heavy atom. The van der Waals surface area contributed by atoms with Crippen LogP contribution in [0.1, 0.15) is 31.9 Å². The molecule has 0 aromatic carbocycles. The molecule has 102 valence electrons. The number of aromatic nitrogens is 1. The fraction of sp³-hybridized carbons (Fsp3) is 0.583. The standard InChI is InChI=1S/C12H18F3N3/c1-3-7-18(8-12(13,14)15)11-10(9(2)16)5-4-6-17-11/h4-6,9H,3,7-8,16H2,1-2H3/t9-/m0/s1. The molecule has 3 nitrogen and oxygen atoms in total. The Bertz CT molecular complexity index is 377. The van der Waals surface area contributed by atoms with E-state index in [0.29, 0.717) is 24.3 Å². The van der Waals surface area contributed by atoms with Gasteiger partial charge < -0.3 is 10.6 Å². The lowest BCUT2D eigenvalue weighted by molar-refractivity contribution is -0.119. The highest BCUT2D eigenvalue weighted by molar-refractivity contribution is 5.48. The molecule has 1 aromatic rings. The Kier molecular flexibility index (Phi) is 4.95. The molecule has 0 spiro atoms. The van der Waals surface area contributed by atoms with Gasteiger partial charge in [-0.05, 0) is 19.4 Å². The van der Waals surface area contributed by atoms with Crippen LogP contribution in [-0.2, 0) is 0 Å². The van der Waals surface area contributed by atoms with Gasteiger partial charge in [0.05, 0.1) is 0 Å². The lowest BCUT2D eigenvalue weighted by Crippen LogP contribution is -2.36. The molecule has 0 aliphatic rings. The maximum atomic E-state index is 12.5. The van der Waals surface area contributed by atoms with Crippen LogP contribution in [-0.4, -0.2) is 24.2 Å². The lowest BCUT2D eigenvalue weighted by atomic mass is 10.1. The normalized spacial score (nSPS) is 13.4. The summed E-state index contributed by atoms with van der Waals surface area (Å²) in [5, 5.41) is 0. The molecule has 0 saturated carbocycles. The van der Waals surface area contributed by atoms with Gasteiger partial charge in [-0.3, -0.25) is 0 Å². The molecule has 1 rings (SSSR count). The number of rotatable bonds is 5. The number of nitrogens with zero attached hydrogens (tertiary/aromatic N) is 2. The van der Waals surface area contributed by atoms with Crippen LogP contribution in [0.5, 0.6) is 0 Å². The van der Waals surface area contributed by atoms with Gasteiger partial charge in [-0.1, -0.05) is 13.0 Å². The van der Waals surface area contributed by atoms with Gasteiger partial charge in [0, 0.05) is 24.3 Å². The second-order valence-electron chi connectivity index (χ2n) is 4.24. The molecule has 2 N–H and O–H groups in total. The summed E-state index contributed by atoms with van der Waals surface area (Å²) in [6.07, 6.45) is -2.15. The van der Waals surface area contributed by atoms with Crippen LogP contribution in [0.3, 0.4) is 0 Å². The van der Waals surface area contributed by atoms with E-state index in [2.05, 4.69) is 4.98 Å². The van der Waals surface area contributed by atoms with E-state index < -0.39 is 12.7 Å². The number of halogens is 3. The van der Waals surface area contributed by atoms with Crippen LogP contribution in [0, 0.1) is 0 Å². The highest BCUT2D eigenvalue weighted by Gasteiger charge is 2.32. The molecular formula is C12H18F3N3. The highest BCUT2D eigenvalue weighted by atomic mass is 19.4. The summed E-state index contributed by atoms with van der Waals surface area (Å²) < 4.78 is 37.6. The summed E-state index contributed by atoms with van der Waals surface area (Å²) in [5.74, 6) is 0.326. The van der Waals surface area contributed by atoms with Crippen LogP contribution < -0.4 is 10.6 Å². The Hall–Kier alpha value is -1.30. The highest BCUT2D eigenvalue weighted by Crippen LogP contribution is 2.26. The molecule has 0 amide bonds. The van der Waals surface area contributed by atoms with Crippen LogP contribution in [0.4, 0.5) is 19.0 Å². The first-order chi connectivity index (χ1) is 8.35. The first-order valence-electron chi connectivity index (χ1n) is 5.87. The van der Waals surface area contributed by atoms with Crippen molar-refractivity contribution in [1.29, 1.82) is 0 Å². The Balaban J connectivity index is 3.05. The minimum Gasteiger partial charge on any atom is -0.347 e. The average molecular weight is 261 g/mol. The fourth-order valence-corrected chi connectivity index (χ4v) is 1.78. The molecule has 6 heteroatoms. The van der Waals surface area contributed by atoms with Crippen LogP contribution in [0.2, 0.25) is 0 Å². The van der Waals surface area contributed by atoms with Gasteiger partial charge in [-0.15, -0.1) is 0 Å². The molecule has 0 bridgehead atoms. The molecule has 1 atom stereocenters. The van der Waals surface area contributed by atoms with E-state index in [1.807, 2.05) is 6.92 Å². The minimum atomic E-state index is -4.25. The maximum Gasteiger partial charge on any atom is 0.405 e. The molecule has 0 aliphatic carbocycles. The summed E-state index contributed by atoms with van der Waals surface area (Å²) in [5.41, 5.74) is 6.40. The molecule has 0 radical (unpaired) electrons. The van der Waals surface area contributed by atoms with Gasteiger partial charge in [0.25, 0.3) is 0 Å². The van der Waals surface area contributed by atoms with E-state index in [1.54, 1.807) is 19.1 Å². The first kappa shape index (κ1) is 14.8. The van der Waals surface area contributed by atoms with E-state index >= 15 is 0 Å². The van der Waals surface area contributed by atoms with Crippen LogP contribution >= 0.6 is 0 Å². The SMILES string of the molecule is CCCN(CC(F)(F)F)c1ncccc1[C@H](C)N. The zero-order chi connectivity index (χ0) is 13.8. The van der Waals surface area contributed by atoms with Crippen molar-refractivity contribution in [1.82, 2.24) is 4.98 Å². The summed E-state index contributed by atoms with van der Waals surface area (Å²) in [6.45, 7) is 2.86. The Morgan fingerprint density at radius 1 is 1.44 bits per heavy atom. The third kappa shape index (κ3) is 4.18. The Morgan fingerprint density at radius 2 is 2.11 bits per heavy atom. The van der Waals surface area contributed by atoms with E-state index in [-0.39, 0.29) is 6.04 Å². The van der Waals surface area contributed by atoms with Crippen molar-refractivity contribution >= 4 is 5.82 Å². The number of alkyl halides is 3. The third-order valence-corrected chi connectivity index (χ3v) is 2.47. The van der Waals surface area contributed by atoms with Gasteiger partial charge in [-0.2, -0.15) is 13.2 Å². The van der Waals surface area contributed by atoms with Crippen molar-refractivity contribution in [3.05, 3.63) is 23.9 Å². The van der Waals surface area contributed by atoms with Crippen molar-refractivity contribution in [2.24, 2.45) is 5.73 Å². The Labute approximate surface area is 105 Å². The van der Waals surface area contributed by atoms with Gasteiger partial charge in [-0.25, -0.2) is 4.98 Å². The molecule has 1 heterocycles. The van der Waals surface area contributed by atoms with E-state index in [0.717, 1.165) is 0 Å². The van der Waals surface area contributed by atoms with Gasteiger partial charge >= 0.3 is 6.18 Å². The van der Waals surface area contributed by atoms with Crippen LogP contribution in [0.25, 0.3) is 0 Å². The molecule has 0 fully saturated rings.